The molecule has 1 amide bonds. The van der Waals surface area contributed by atoms with Crippen LogP contribution in [0.4, 0.5) is 0 Å². The average molecular weight is 259 g/mol. The number of amides is 1. The number of nitrogens with zero attached hydrogens (tertiary/aromatic N) is 1. The van der Waals surface area contributed by atoms with Crippen LogP contribution in [0, 0.1) is 5.92 Å². The molecule has 1 heterocycles. The molecular weight excluding hydrogens is 242 g/mol. The molecule has 1 aromatic rings. The summed E-state index contributed by atoms with van der Waals surface area (Å²) in [4.78, 5) is 24.3. The highest BCUT2D eigenvalue weighted by Crippen LogP contribution is 2.19. The van der Waals surface area contributed by atoms with Gasteiger partial charge in [0.25, 0.3) is 0 Å². The summed E-state index contributed by atoms with van der Waals surface area (Å²) >= 11 is 0. The highest BCUT2D eigenvalue weighted by molar-refractivity contribution is 5.92. The quantitative estimate of drug-likeness (QED) is 0.842. The molecule has 4 nitrogen and oxygen atoms in total. The van der Waals surface area contributed by atoms with Crippen molar-refractivity contribution >= 4 is 18.0 Å². The number of carbonyl (C=O) groups excluding carboxylic acids is 1. The molecule has 0 radical (unpaired) electrons. The number of carboxylic acid groups (broad SMARTS) is 1. The SMILES string of the molecule is O=C(O)CC1CCN(C(=O)C=Cc2ccccc2)C1. The maximum Gasteiger partial charge on any atom is 0.303 e. The summed E-state index contributed by atoms with van der Waals surface area (Å²) in [5.74, 6) is -0.748. The highest BCUT2D eigenvalue weighted by Gasteiger charge is 2.26. The number of carbonyl (C=O) groups is 2. The van der Waals surface area contributed by atoms with Gasteiger partial charge in [0.2, 0.25) is 5.91 Å². The number of benzene rings is 1. The molecule has 0 aromatic heterocycles. The lowest BCUT2D eigenvalue weighted by molar-refractivity contribution is -0.138. The van der Waals surface area contributed by atoms with Gasteiger partial charge < -0.3 is 10.0 Å². The second-order valence-electron chi connectivity index (χ2n) is 4.78. The van der Waals surface area contributed by atoms with E-state index in [1.54, 1.807) is 17.1 Å². The van der Waals surface area contributed by atoms with Gasteiger partial charge in [0.05, 0.1) is 0 Å². The zero-order chi connectivity index (χ0) is 13.7. The summed E-state index contributed by atoms with van der Waals surface area (Å²) in [6.45, 7) is 1.19. The van der Waals surface area contributed by atoms with Crippen LogP contribution in [0.25, 0.3) is 6.08 Å². The molecule has 0 saturated carbocycles. The van der Waals surface area contributed by atoms with Crippen molar-refractivity contribution in [3.05, 3.63) is 42.0 Å². The first kappa shape index (κ1) is 13.3. The minimum Gasteiger partial charge on any atom is -0.481 e. The van der Waals surface area contributed by atoms with Gasteiger partial charge in [-0.25, -0.2) is 0 Å². The lowest BCUT2D eigenvalue weighted by Gasteiger charge is -2.13. The highest BCUT2D eigenvalue weighted by atomic mass is 16.4. The molecule has 1 unspecified atom stereocenters. The minimum atomic E-state index is -0.792. The standard InChI is InChI=1S/C15H17NO3/c17-14(7-6-12-4-2-1-3-5-12)16-9-8-13(11-16)10-15(18)19/h1-7,13H,8-11H2,(H,18,19). The van der Waals surface area contributed by atoms with Crippen LogP contribution in [-0.2, 0) is 9.59 Å². The first-order valence-electron chi connectivity index (χ1n) is 6.39. The normalized spacial score (nSPS) is 18.9. The maximum atomic E-state index is 11.9. The predicted octanol–water partition coefficient (Wildman–Crippen LogP) is 2.02. The molecule has 1 aliphatic heterocycles. The van der Waals surface area contributed by atoms with E-state index in [0.717, 1.165) is 12.0 Å². The van der Waals surface area contributed by atoms with E-state index in [4.69, 9.17) is 5.11 Å². The van der Waals surface area contributed by atoms with E-state index >= 15 is 0 Å². The van der Waals surface area contributed by atoms with Gasteiger partial charge in [0.15, 0.2) is 0 Å². The fourth-order valence-corrected chi connectivity index (χ4v) is 2.28. The largest absolute Gasteiger partial charge is 0.481 e. The Morgan fingerprint density at radius 1 is 1.32 bits per heavy atom. The van der Waals surface area contributed by atoms with Gasteiger partial charge in [-0.05, 0) is 24.0 Å². The van der Waals surface area contributed by atoms with Crippen LogP contribution in [0.5, 0.6) is 0 Å². The van der Waals surface area contributed by atoms with Crippen molar-refractivity contribution < 1.29 is 14.7 Å². The number of hydrogen-bond acceptors (Lipinski definition) is 2. The summed E-state index contributed by atoms with van der Waals surface area (Å²) < 4.78 is 0. The first-order valence-corrected chi connectivity index (χ1v) is 6.39. The van der Waals surface area contributed by atoms with Gasteiger partial charge >= 0.3 is 5.97 Å². The van der Waals surface area contributed by atoms with E-state index in [1.807, 2.05) is 30.3 Å². The van der Waals surface area contributed by atoms with Crippen molar-refractivity contribution in [2.45, 2.75) is 12.8 Å². The van der Waals surface area contributed by atoms with Crippen LogP contribution < -0.4 is 0 Å². The molecule has 19 heavy (non-hydrogen) atoms. The van der Waals surface area contributed by atoms with Crippen LogP contribution in [0.15, 0.2) is 36.4 Å². The second kappa shape index (κ2) is 6.18. The first-order chi connectivity index (χ1) is 9.15. The number of hydrogen-bond donors (Lipinski definition) is 1. The Hall–Kier alpha value is -2.10. The third kappa shape index (κ3) is 3.95. The molecule has 1 fully saturated rings. The van der Waals surface area contributed by atoms with E-state index in [1.165, 1.54) is 0 Å². The predicted molar refractivity (Wildman–Crippen MR) is 72.4 cm³/mol. The van der Waals surface area contributed by atoms with Crippen molar-refractivity contribution in [2.75, 3.05) is 13.1 Å². The zero-order valence-electron chi connectivity index (χ0n) is 10.7. The Morgan fingerprint density at radius 2 is 2.05 bits per heavy atom. The van der Waals surface area contributed by atoms with Gasteiger partial charge in [0.1, 0.15) is 0 Å². The lowest BCUT2D eigenvalue weighted by atomic mass is 10.1. The molecule has 0 aliphatic carbocycles. The van der Waals surface area contributed by atoms with Crippen LogP contribution in [0.2, 0.25) is 0 Å². The van der Waals surface area contributed by atoms with Gasteiger partial charge in [-0.15, -0.1) is 0 Å². The molecule has 0 spiro atoms. The van der Waals surface area contributed by atoms with Crippen molar-refractivity contribution in [1.82, 2.24) is 4.90 Å². The topological polar surface area (TPSA) is 57.6 Å². The Kier molecular flexibility index (Phi) is 4.34. The van der Waals surface area contributed by atoms with E-state index < -0.39 is 5.97 Å². The Bertz CT molecular complexity index is 481. The lowest BCUT2D eigenvalue weighted by Crippen LogP contribution is -2.27. The van der Waals surface area contributed by atoms with E-state index in [2.05, 4.69) is 0 Å². The van der Waals surface area contributed by atoms with Crippen LogP contribution in [-0.4, -0.2) is 35.0 Å². The second-order valence-corrected chi connectivity index (χ2v) is 4.78. The van der Waals surface area contributed by atoms with Crippen LogP contribution in [0.3, 0.4) is 0 Å². The number of likely N-dealkylation sites (tertiary alicyclic amines) is 1. The third-order valence-electron chi connectivity index (χ3n) is 3.28. The minimum absolute atomic E-state index is 0.0447. The Balaban J connectivity index is 1.88. The van der Waals surface area contributed by atoms with Gasteiger partial charge in [-0.3, -0.25) is 9.59 Å². The smallest absolute Gasteiger partial charge is 0.303 e. The third-order valence-corrected chi connectivity index (χ3v) is 3.28. The van der Waals surface area contributed by atoms with Crippen molar-refractivity contribution in [3.8, 4) is 0 Å². The molecule has 1 N–H and O–H groups in total. The van der Waals surface area contributed by atoms with Crippen LogP contribution >= 0.6 is 0 Å². The van der Waals surface area contributed by atoms with Gasteiger partial charge in [0, 0.05) is 25.6 Å². The number of carboxylic acids is 1. The van der Waals surface area contributed by atoms with Gasteiger partial charge in [-0.2, -0.15) is 0 Å². The molecule has 100 valence electrons. The van der Waals surface area contributed by atoms with Crippen molar-refractivity contribution in [2.24, 2.45) is 5.92 Å². The summed E-state index contributed by atoms with van der Waals surface area (Å²) in [6.07, 6.45) is 4.26. The number of rotatable bonds is 4. The summed E-state index contributed by atoms with van der Waals surface area (Å²) in [6, 6.07) is 9.63. The van der Waals surface area contributed by atoms with E-state index in [-0.39, 0.29) is 18.2 Å². The fourth-order valence-electron chi connectivity index (χ4n) is 2.28. The number of aliphatic carboxylic acids is 1. The fraction of sp³-hybridized carbons (Fsp3) is 0.333. The van der Waals surface area contributed by atoms with Crippen LogP contribution in [0.1, 0.15) is 18.4 Å². The zero-order valence-corrected chi connectivity index (χ0v) is 10.7. The molecular formula is C15H17NO3. The molecule has 1 aromatic carbocycles. The summed E-state index contributed by atoms with van der Waals surface area (Å²) in [5.41, 5.74) is 0.983. The van der Waals surface area contributed by atoms with E-state index in [9.17, 15) is 9.59 Å². The monoisotopic (exact) mass is 259 g/mol. The molecule has 1 aliphatic rings. The summed E-state index contributed by atoms with van der Waals surface area (Å²) in [7, 11) is 0. The average Bonchev–Trinajstić information content (AvgIpc) is 2.85. The molecule has 1 atom stereocenters. The van der Waals surface area contributed by atoms with Crippen molar-refractivity contribution in [1.29, 1.82) is 0 Å². The molecule has 0 bridgehead atoms. The molecule has 2 rings (SSSR count). The maximum absolute atomic E-state index is 11.9. The van der Waals surface area contributed by atoms with E-state index in [0.29, 0.717) is 13.1 Å². The molecule has 1 saturated heterocycles. The van der Waals surface area contributed by atoms with Gasteiger partial charge in [-0.1, -0.05) is 30.3 Å². The van der Waals surface area contributed by atoms with Crippen molar-refractivity contribution in [3.63, 3.8) is 0 Å². The molecule has 4 heteroatoms. The summed E-state index contributed by atoms with van der Waals surface area (Å²) in [5, 5.41) is 8.73. The Labute approximate surface area is 112 Å². The Morgan fingerprint density at radius 3 is 2.74 bits per heavy atom.